The molecule has 0 bridgehead atoms. The van der Waals surface area contributed by atoms with Gasteiger partial charge >= 0.3 is 0 Å². The van der Waals surface area contributed by atoms with Crippen LogP contribution in [0.15, 0.2) is 42.6 Å². The summed E-state index contributed by atoms with van der Waals surface area (Å²) in [6.45, 7) is 0. The molecular formula is C19H20N2O. The molecule has 22 heavy (non-hydrogen) atoms. The predicted molar refractivity (Wildman–Crippen MR) is 89.3 cm³/mol. The molecule has 3 heteroatoms. The minimum Gasteiger partial charge on any atom is -0.497 e. The highest BCUT2D eigenvalue weighted by Crippen LogP contribution is 2.43. The average Bonchev–Trinajstić information content (AvgIpc) is 3.21. The SMILES string of the molecule is COc1ccc2c(C3CCCC3)c(-c3ccccn3)[nH]c2c1. The van der Waals surface area contributed by atoms with Crippen LogP contribution >= 0.6 is 0 Å². The molecule has 0 aliphatic heterocycles. The third kappa shape index (κ3) is 2.17. The minimum atomic E-state index is 0.638. The van der Waals surface area contributed by atoms with E-state index in [0.717, 1.165) is 17.0 Å². The Kier molecular flexibility index (Phi) is 3.34. The van der Waals surface area contributed by atoms with Crippen LogP contribution in [0.2, 0.25) is 0 Å². The molecule has 0 amide bonds. The van der Waals surface area contributed by atoms with E-state index in [2.05, 4.69) is 34.2 Å². The molecule has 112 valence electrons. The summed E-state index contributed by atoms with van der Waals surface area (Å²) in [6.07, 6.45) is 7.07. The van der Waals surface area contributed by atoms with Crippen LogP contribution in [0.4, 0.5) is 0 Å². The van der Waals surface area contributed by atoms with Crippen LogP contribution in [-0.2, 0) is 0 Å². The largest absolute Gasteiger partial charge is 0.497 e. The Morgan fingerprint density at radius 1 is 1.14 bits per heavy atom. The number of ether oxygens (including phenoxy) is 1. The Morgan fingerprint density at radius 2 is 2.00 bits per heavy atom. The number of rotatable bonds is 3. The van der Waals surface area contributed by atoms with Crippen LogP contribution < -0.4 is 4.74 Å². The second kappa shape index (κ2) is 5.48. The zero-order valence-corrected chi connectivity index (χ0v) is 12.8. The van der Waals surface area contributed by atoms with E-state index in [1.165, 1.54) is 42.3 Å². The summed E-state index contributed by atoms with van der Waals surface area (Å²) in [7, 11) is 1.71. The summed E-state index contributed by atoms with van der Waals surface area (Å²) in [5.74, 6) is 1.53. The lowest BCUT2D eigenvalue weighted by molar-refractivity contribution is 0.415. The first-order valence-corrected chi connectivity index (χ1v) is 7.98. The molecule has 1 aromatic carbocycles. The number of methoxy groups -OCH3 is 1. The van der Waals surface area contributed by atoms with Gasteiger partial charge in [-0.05, 0) is 48.6 Å². The smallest absolute Gasteiger partial charge is 0.120 e. The third-order valence-corrected chi connectivity index (χ3v) is 4.73. The maximum atomic E-state index is 5.37. The number of benzene rings is 1. The molecule has 0 saturated heterocycles. The highest BCUT2D eigenvalue weighted by Gasteiger charge is 2.25. The fourth-order valence-electron chi connectivity index (χ4n) is 3.68. The Bertz CT molecular complexity index is 786. The molecule has 3 aromatic rings. The van der Waals surface area contributed by atoms with Crippen LogP contribution in [0, 0.1) is 0 Å². The number of hydrogen-bond acceptors (Lipinski definition) is 2. The molecular weight excluding hydrogens is 272 g/mol. The predicted octanol–water partition coefficient (Wildman–Crippen LogP) is 4.90. The number of H-pyrrole nitrogens is 1. The van der Waals surface area contributed by atoms with Crippen molar-refractivity contribution in [3.8, 4) is 17.1 Å². The summed E-state index contributed by atoms with van der Waals surface area (Å²) in [5, 5.41) is 1.31. The maximum absolute atomic E-state index is 5.37. The fraction of sp³-hybridized carbons (Fsp3) is 0.316. The lowest BCUT2D eigenvalue weighted by Crippen LogP contribution is -1.95. The highest BCUT2D eigenvalue weighted by molar-refractivity contribution is 5.91. The first-order chi connectivity index (χ1) is 10.9. The van der Waals surface area contributed by atoms with Gasteiger partial charge in [0.05, 0.1) is 18.5 Å². The van der Waals surface area contributed by atoms with E-state index in [-0.39, 0.29) is 0 Å². The van der Waals surface area contributed by atoms with Crippen LogP contribution in [0.5, 0.6) is 5.75 Å². The van der Waals surface area contributed by atoms with Gasteiger partial charge in [-0.2, -0.15) is 0 Å². The van der Waals surface area contributed by atoms with E-state index in [0.29, 0.717) is 5.92 Å². The molecule has 0 atom stereocenters. The van der Waals surface area contributed by atoms with E-state index in [1.807, 2.05) is 18.3 Å². The summed E-state index contributed by atoms with van der Waals surface area (Å²) in [6, 6.07) is 12.4. The van der Waals surface area contributed by atoms with Gasteiger partial charge in [-0.25, -0.2) is 0 Å². The zero-order valence-electron chi connectivity index (χ0n) is 12.8. The van der Waals surface area contributed by atoms with Crippen LogP contribution in [0.1, 0.15) is 37.2 Å². The lowest BCUT2D eigenvalue weighted by atomic mass is 9.93. The van der Waals surface area contributed by atoms with Crippen molar-refractivity contribution < 1.29 is 4.74 Å². The van der Waals surface area contributed by atoms with Crippen molar-refractivity contribution in [2.45, 2.75) is 31.6 Å². The van der Waals surface area contributed by atoms with Gasteiger partial charge in [0.2, 0.25) is 0 Å². The molecule has 3 nitrogen and oxygen atoms in total. The summed E-state index contributed by atoms with van der Waals surface area (Å²) in [5.41, 5.74) is 4.78. The van der Waals surface area contributed by atoms with Crippen LogP contribution in [-0.4, -0.2) is 17.1 Å². The number of nitrogens with one attached hydrogen (secondary N) is 1. The molecule has 0 radical (unpaired) electrons. The second-order valence-corrected chi connectivity index (χ2v) is 6.02. The van der Waals surface area contributed by atoms with E-state index in [9.17, 15) is 0 Å². The summed E-state index contributed by atoms with van der Waals surface area (Å²) >= 11 is 0. The van der Waals surface area contributed by atoms with Crippen LogP contribution in [0.3, 0.4) is 0 Å². The van der Waals surface area contributed by atoms with Gasteiger partial charge in [-0.15, -0.1) is 0 Å². The normalized spacial score (nSPS) is 15.5. The van der Waals surface area contributed by atoms with E-state index < -0.39 is 0 Å². The Labute approximate surface area is 130 Å². The quantitative estimate of drug-likeness (QED) is 0.746. The number of pyridine rings is 1. The monoisotopic (exact) mass is 292 g/mol. The van der Waals surface area contributed by atoms with Gasteiger partial charge in [0, 0.05) is 23.2 Å². The van der Waals surface area contributed by atoms with Crippen LogP contribution in [0.25, 0.3) is 22.3 Å². The second-order valence-electron chi connectivity index (χ2n) is 6.02. The molecule has 2 heterocycles. The molecule has 2 aromatic heterocycles. The molecule has 1 saturated carbocycles. The van der Waals surface area contributed by atoms with Crippen molar-refractivity contribution in [1.29, 1.82) is 0 Å². The number of nitrogens with zero attached hydrogens (tertiary/aromatic N) is 1. The average molecular weight is 292 g/mol. The van der Waals surface area contributed by atoms with Gasteiger partial charge in [-0.1, -0.05) is 18.9 Å². The third-order valence-electron chi connectivity index (χ3n) is 4.73. The van der Waals surface area contributed by atoms with Gasteiger partial charge in [0.15, 0.2) is 0 Å². The van der Waals surface area contributed by atoms with E-state index in [1.54, 1.807) is 7.11 Å². The van der Waals surface area contributed by atoms with Gasteiger partial charge in [-0.3, -0.25) is 4.98 Å². The Balaban J connectivity index is 1.95. The Hall–Kier alpha value is -2.29. The molecule has 0 unspecified atom stereocenters. The van der Waals surface area contributed by atoms with Gasteiger partial charge < -0.3 is 9.72 Å². The maximum Gasteiger partial charge on any atom is 0.120 e. The first kappa shape index (κ1) is 13.4. The molecule has 1 aliphatic carbocycles. The van der Waals surface area contributed by atoms with E-state index in [4.69, 9.17) is 4.74 Å². The van der Waals surface area contributed by atoms with Gasteiger partial charge in [0.25, 0.3) is 0 Å². The minimum absolute atomic E-state index is 0.638. The van der Waals surface area contributed by atoms with Crippen molar-refractivity contribution in [1.82, 2.24) is 9.97 Å². The molecule has 1 fully saturated rings. The topological polar surface area (TPSA) is 37.9 Å². The highest BCUT2D eigenvalue weighted by atomic mass is 16.5. The van der Waals surface area contributed by atoms with Crippen molar-refractivity contribution in [2.75, 3.05) is 7.11 Å². The van der Waals surface area contributed by atoms with Crippen molar-refractivity contribution in [3.63, 3.8) is 0 Å². The zero-order chi connectivity index (χ0) is 14.9. The molecule has 4 rings (SSSR count). The number of hydrogen-bond donors (Lipinski definition) is 1. The van der Waals surface area contributed by atoms with Gasteiger partial charge in [0.1, 0.15) is 5.75 Å². The standard InChI is InChI=1S/C19H20N2O/c1-22-14-9-10-15-17(12-14)21-19(16-8-4-5-11-20-16)18(15)13-6-2-3-7-13/h4-5,8-13,21H,2-3,6-7H2,1H3. The molecule has 0 spiro atoms. The van der Waals surface area contributed by atoms with E-state index >= 15 is 0 Å². The number of aromatic nitrogens is 2. The first-order valence-electron chi connectivity index (χ1n) is 7.98. The fourth-order valence-corrected chi connectivity index (χ4v) is 3.68. The number of fused-ring (bicyclic) bond motifs is 1. The summed E-state index contributed by atoms with van der Waals surface area (Å²) < 4.78 is 5.37. The van der Waals surface area contributed by atoms with Crippen molar-refractivity contribution in [3.05, 3.63) is 48.2 Å². The lowest BCUT2D eigenvalue weighted by Gasteiger charge is -2.11. The number of aromatic amines is 1. The Morgan fingerprint density at radius 3 is 2.73 bits per heavy atom. The summed E-state index contributed by atoms with van der Waals surface area (Å²) in [4.78, 5) is 8.15. The van der Waals surface area contributed by atoms with Crippen molar-refractivity contribution >= 4 is 10.9 Å². The van der Waals surface area contributed by atoms with Crippen molar-refractivity contribution in [2.24, 2.45) is 0 Å². The molecule has 1 aliphatic rings. The molecule has 1 N–H and O–H groups in total.